The normalized spacial score (nSPS) is 25.8. The molecular formula is C21H24BrNO. The van der Waals surface area contributed by atoms with Gasteiger partial charge in [0.25, 0.3) is 0 Å². The van der Waals surface area contributed by atoms with Crippen molar-refractivity contribution < 1.29 is 4.74 Å². The fourth-order valence-electron chi connectivity index (χ4n) is 4.33. The molecule has 0 aromatic heterocycles. The minimum Gasteiger partial charge on any atom is -0.359 e. The molecule has 4 rings (SSSR count). The number of rotatable bonds is 2. The number of aryl methyl sites for hydroxylation is 1. The quantitative estimate of drug-likeness (QED) is 0.725. The minimum atomic E-state index is -0.223. The second-order valence-electron chi connectivity index (χ2n) is 7.62. The van der Waals surface area contributed by atoms with Gasteiger partial charge in [0.15, 0.2) is 0 Å². The fourth-order valence-corrected chi connectivity index (χ4v) is 4.74. The lowest BCUT2D eigenvalue weighted by atomic mass is 9.77. The summed E-state index contributed by atoms with van der Waals surface area (Å²) in [5.74, 6) is 0. The smallest absolute Gasteiger partial charge is 0.116 e. The van der Waals surface area contributed by atoms with E-state index < -0.39 is 0 Å². The lowest BCUT2D eigenvalue weighted by molar-refractivity contribution is -0.0673. The number of halogens is 1. The number of fused-ring (bicyclic) bond motifs is 1. The molecule has 126 valence electrons. The molecule has 1 heterocycles. The summed E-state index contributed by atoms with van der Waals surface area (Å²) in [5, 5.41) is 0. The van der Waals surface area contributed by atoms with Crippen LogP contribution in [-0.2, 0) is 24.1 Å². The van der Waals surface area contributed by atoms with Gasteiger partial charge >= 0.3 is 0 Å². The third-order valence-electron chi connectivity index (χ3n) is 5.65. The second kappa shape index (κ2) is 5.98. The van der Waals surface area contributed by atoms with Gasteiger partial charge in [0, 0.05) is 11.0 Å². The Kier molecular flexibility index (Phi) is 4.06. The van der Waals surface area contributed by atoms with Gasteiger partial charge in [-0.15, -0.1) is 0 Å². The molecule has 1 spiro atoms. The Morgan fingerprint density at radius 2 is 1.88 bits per heavy atom. The Hall–Kier alpha value is -1.16. The monoisotopic (exact) mass is 385 g/mol. The van der Waals surface area contributed by atoms with Crippen LogP contribution in [0.3, 0.4) is 0 Å². The van der Waals surface area contributed by atoms with Crippen molar-refractivity contribution in [2.45, 2.75) is 50.9 Å². The third kappa shape index (κ3) is 2.83. The summed E-state index contributed by atoms with van der Waals surface area (Å²) >= 11 is 3.63. The van der Waals surface area contributed by atoms with E-state index in [4.69, 9.17) is 4.74 Å². The van der Waals surface area contributed by atoms with Crippen molar-refractivity contribution in [2.24, 2.45) is 0 Å². The molecule has 2 aliphatic rings. The molecule has 0 bridgehead atoms. The molecule has 0 N–H and O–H groups in total. The van der Waals surface area contributed by atoms with Gasteiger partial charge in [-0.05, 0) is 61.9 Å². The van der Waals surface area contributed by atoms with Crippen LogP contribution in [0, 0.1) is 0 Å². The SMILES string of the molecule is CC1(C)OC[C@@]2(CCc3ccc(Br)cc3C2)N1Cc1ccccc1. The predicted octanol–water partition coefficient (Wildman–Crippen LogP) is 4.95. The van der Waals surface area contributed by atoms with Gasteiger partial charge in [0.05, 0.1) is 12.1 Å². The third-order valence-corrected chi connectivity index (χ3v) is 6.14. The van der Waals surface area contributed by atoms with Crippen molar-refractivity contribution >= 4 is 15.9 Å². The Morgan fingerprint density at radius 3 is 2.67 bits per heavy atom. The van der Waals surface area contributed by atoms with Crippen LogP contribution in [0.4, 0.5) is 0 Å². The van der Waals surface area contributed by atoms with Crippen LogP contribution in [0.15, 0.2) is 53.0 Å². The molecule has 1 fully saturated rings. The molecule has 2 nitrogen and oxygen atoms in total. The average molecular weight is 386 g/mol. The highest BCUT2D eigenvalue weighted by Crippen LogP contribution is 2.44. The number of benzene rings is 2. The Morgan fingerprint density at radius 1 is 1.08 bits per heavy atom. The highest BCUT2D eigenvalue weighted by molar-refractivity contribution is 9.10. The van der Waals surface area contributed by atoms with E-state index in [1.165, 1.54) is 21.2 Å². The van der Waals surface area contributed by atoms with Gasteiger partial charge in [-0.1, -0.05) is 52.3 Å². The fraction of sp³-hybridized carbons (Fsp3) is 0.429. The topological polar surface area (TPSA) is 12.5 Å². The van der Waals surface area contributed by atoms with Gasteiger partial charge < -0.3 is 4.74 Å². The number of hydrogen-bond acceptors (Lipinski definition) is 2. The summed E-state index contributed by atoms with van der Waals surface area (Å²) in [5.41, 5.74) is 4.20. The van der Waals surface area contributed by atoms with E-state index in [0.29, 0.717) is 0 Å². The van der Waals surface area contributed by atoms with Crippen LogP contribution in [0.1, 0.15) is 37.0 Å². The van der Waals surface area contributed by atoms with E-state index in [-0.39, 0.29) is 11.3 Å². The Bertz CT molecular complexity index is 743. The molecule has 0 unspecified atom stereocenters. The maximum atomic E-state index is 6.28. The molecule has 1 saturated heterocycles. The molecule has 24 heavy (non-hydrogen) atoms. The number of ether oxygens (including phenoxy) is 1. The number of nitrogens with zero attached hydrogens (tertiary/aromatic N) is 1. The predicted molar refractivity (Wildman–Crippen MR) is 101 cm³/mol. The summed E-state index contributed by atoms with van der Waals surface area (Å²) in [6.07, 6.45) is 3.36. The van der Waals surface area contributed by atoms with E-state index in [0.717, 1.165) is 32.4 Å². The Labute approximate surface area is 153 Å². The van der Waals surface area contributed by atoms with E-state index >= 15 is 0 Å². The molecule has 1 atom stereocenters. The molecule has 3 heteroatoms. The summed E-state index contributed by atoms with van der Waals surface area (Å²) in [7, 11) is 0. The first kappa shape index (κ1) is 16.3. The number of hydrogen-bond donors (Lipinski definition) is 0. The molecule has 1 aliphatic carbocycles. The van der Waals surface area contributed by atoms with E-state index in [1.54, 1.807) is 0 Å². The Balaban J connectivity index is 1.68. The van der Waals surface area contributed by atoms with Gasteiger partial charge in [0.1, 0.15) is 5.72 Å². The summed E-state index contributed by atoms with van der Waals surface area (Å²) in [6, 6.07) is 17.5. The van der Waals surface area contributed by atoms with Gasteiger partial charge in [-0.3, -0.25) is 4.90 Å². The molecule has 0 radical (unpaired) electrons. The summed E-state index contributed by atoms with van der Waals surface area (Å²) < 4.78 is 7.45. The van der Waals surface area contributed by atoms with E-state index in [1.807, 2.05) is 0 Å². The van der Waals surface area contributed by atoms with Gasteiger partial charge in [-0.25, -0.2) is 0 Å². The molecule has 0 amide bonds. The van der Waals surface area contributed by atoms with Crippen molar-refractivity contribution in [1.29, 1.82) is 0 Å². The van der Waals surface area contributed by atoms with Crippen LogP contribution >= 0.6 is 15.9 Å². The van der Waals surface area contributed by atoms with E-state index in [9.17, 15) is 0 Å². The van der Waals surface area contributed by atoms with Crippen LogP contribution in [0.5, 0.6) is 0 Å². The zero-order chi connectivity index (χ0) is 16.8. The molecule has 2 aromatic rings. The van der Waals surface area contributed by atoms with Crippen molar-refractivity contribution in [1.82, 2.24) is 4.90 Å². The van der Waals surface area contributed by atoms with Crippen LogP contribution in [0.25, 0.3) is 0 Å². The van der Waals surface area contributed by atoms with Crippen molar-refractivity contribution in [3.63, 3.8) is 0 Å². The van der Waals surface area contributed by atoms with Crippen LogP contribution < -0.4 is 0 Å². The first-order valence-corrected chi connectivity index (χ1v) is 9.51. The maximum absolute atomic E-state index is 6.28. The summed E-state index contributed by atoms with van der Waals surface area (Å²) in [6.45, 7) is 6.18. The van der Waals surface area contributed by atoms with Gasteiger partial charge in [0.2, 0.25) is 0 Å². The summed E-state index contributed by atoms with van der Waals surface area (Å²) in [4.78, 5) is 2.60. The van der Waals surface area contributed by atoms with Crippen molar-refractivity contribution in [3.05, 3.63) is 69.7 Å². The molecule has 0 saturated carbocycles. The van der Waals surface area contributed by atoms with Gasteiger partial charge in [-0.2, -0.15) is 0 Å². The van der Waals surface area contributed by atoms with E-state index in [2.05, 4.69) is 83.2 Å². The minimum absolute atomic E-state index is 0.104. The first-order valence-electron chi connectivity index (χ1n) is 8.72. The van der Waals surface area contributed by atoms with Crippen LogP contribution in [0.2, 0.25) is 0 Å². The molecular weight excluding hydrogens is 362 g/mol. The van der Waals surface area contributed by atoms with Crippen molar-refractivity contribution in [2.75, 3.05) is 6.61 Å². The van der Waals surface area contributed by atoms with Crippen LogP contribution in [-0.4, -0.2) is 22.8 Å². The zero-order valence-corrected chi connectivity index (χ0v) is 16.0. The first-order chi connectivity index (χ1) is 11.5. The lowest BCUT2D eigenvalue weighted by Crippen LogP contribution is -2.54. The molecule has 1 aliphatic heterocycles. The molecule has 2 aromatic carbocycles. The zero-order valence-electron chi connectivity index (χ0n) is 14.4. The average Bonchev–Trinajstić information content (AvgIpc) is 2.80. The highest BCUT2D eigenvalue weighted by atomic mass is 79.9. The van der Waals surface area contributed by atoms with Crippen molar-refractivity contribution in [3.8, 4) is 0 Å². The maximum Gasteiger partial charge on any atom is 0.116 e. The largest absolute Gasteiger partial charge is 0.359 e. The second-order valence-corrected chi connectivity index (χ2v) is 8.54. The lowest BCUT2D eigenvalue weighted by Gasteiger charge is -2.45. The standard InChI is InChI=1S/C21H24BrNO/c1-20(2)23(14-16-6-4-3-5-7-16)21(15-24-20)11-10-17-8-9-19(22)12-18(17)13-21/h3-9,12H,10-11,13-15H2,1-2H3/t21-/m0/s1. The highest BCUT2D eigenvalue weighted by Gasteiger charge is 2.52.